The number of anilines is 2. The van der Waals surface area contributed by atoms with Crippen molar-refractivity contribution in [1.82, 2.24) is 0 Å². The Labute approximate surface area is 181 Å². The summed E-state index contributed by atoms with van der Waals surface area (Å²) in [6.45, 7) is 1.53. The maximum absolute atomic E-state index is 12.7. The van der Waals surface area contributed by atoms with Gasteiger partial charge in [-0.15, -0.1) is 0 Å². The summed E-state index contributed by atoms with van der Waals surface area (Å²) in [5.41, 5.74) is 1.05. The largest absolute Gasteiger partial charge is 0.366 e. The van der Waals surface area contributed by atoms with E-state index < -0.39 is 20.7 Å². The van der Waals surface area contributed by atoms with Crippen LogP contribution in [0.3, 0.4) is 0 Å². The van der Waals surface area contributed by atoms with Crippen LogP contribution in [-0.2, 0) is 9.84 Å². The molecule has 1 N–H and O–H groups in total. The minimum atomic E-state index is -3.36. The molecule has 9 heteroatoms. The summed E-state index contributed by atoms with van der Waals surface area (Å²) in [6.07, 6.45) is 5.22. The normalized spacial score (nSPS) is 17.1. The molecule has 0 bridgehead atoms. The first kappa shape index (κ1) is 21.3. The van der Waals surface area contributed by atoms with E-state index >= 15 is 0 Å². The van der Waals surface area contributed by atoms with Crippen molar-refractivity contribution in [2.45, 2.75) is 48.7 Å². The number of carbonyl (C=O) groups excluding carboxylic acids is 1. The number of hydrogen-bond donors (Lipinski definition) is 1. The molecule has 8 nitrogen and oxygen atoms in total. The van der Waals surface area contributed by atoms with Crippen LogP contribution in [0.2, 0.25) is 0 Å². The van der Waals surface area contributed by atoms with E-state index in [1.807, 2.05) is 4.90 Å². The fourth-order valence-electron chi connectivity index (χ4n) is 4.36. The predicted molar refractivity (Wildman–Crippen MR) is 118 cm³/mol. The molecule has 1 saturated heterocycles. The highest BCUT2D eigenvalue weighted by Crippen LogP contribution is 2.32. The smallest absolute Gasteiger partial charge is 0.293 e. The topological polar surface area (TPSA) is 110 Å². The summed E-state index contributed by atoms with van der Waals surface area (Å²) >= 11 is 0. The lowest BCUT2D eigenvalue weighted by Crippen LogP contribution is -2.20. The molecule has 164 valence electrons. The minimum Gasteiger partial charge on any atom is -0.366 e. The number of rotatable bonds is 6. The average Bonchev–Trinajstić information content (AvgIpc) is 3.48. The summed E-state index contributed by atoms with van der Waals surface area (Å²) < 4.78 is 25.4. The molecule has 1 amide bonds. The molecule has 0 atom stereocenters. The quantitative estimate of drug-likeness (QED) is 0.530. The Balaban J connectivity index is 1.50. The summed E-state index contributed by atoms with van der Waals surface area (Å²) in [4.78, 5) is 25.9. The molecule has 31 heavy (non-hydrogen) atoms. The lowest BCUT2D eigenvalue weighted by atomic mass is 10.1. The van der Waals surface area contributed by atoms with Gasteiger partial charge in [-0.05, 0) is 62.1 Å². The zero-order chi connectivity index (χ0) is 22.0. The lowest BCUT2D eigenvalue weighted by Gasteiger charge is -2.17. The fourth-order valence-corrected chi connectivity index (χ4v) is 6.21. The van der Waals surface area contributed by atoms with Gasteiger partial charge in [0, 0.05) is 30.4 Å². The number of nitrogens with one attached hydrogen (secondary N) is 1. The highest BCUT2D eigenvalue weighted by Gasteiger charge is 2.30. The number of nitro benzene ring substituents is 1. The van der Waals surface area contributed by atoms with Crippen LogP contribution in [-0.4, -0.2) is 37.6 Å². The average molecular weight is 444 g/mol. The first-order chi connectivity index (χ1) is 14.9. The predicted octanol–water partition coefficient (Wildman–Crippen LogP) is 4.16. The highest BCUT2D eigenvalue weighted by molar-refractivity contribution is 7.92. The molecule has 0 unspecified atom stereocenters. The van der Waals surface area contributed by atoms with Crippen LogP contribution in [0.4, 0.5) is 17.1 Å². The van der Waals surface area contributed by atoms with Gasteiger partial charge >= 0.3 is 0 Å². The fraction of sp³-hybridized carbons (Fsp3) is 0.409. The Morgan fingerprint density at radius 2 is 1.65 bits per heavy atom. The molecular weight excluding hydrogens is 418 g/mol. The molecule has 2 aromatic carbocycles. The number of amides is 1. The molecule has 1 heterocycles. The molecule has 2 aliphatic rings. The van der Waals surface area contributed by atoms with E-state index in [2.05, 4.69) is 5.32 Å². The second kappa shape index (κ2) is 8.66. The number of sulfone groups is 1. The van der Waals surface area contributed by atoms with E-state index in [4.69, 9.17) is 0 Å². The van der Waals surface area contributed by atoms with Crippen LogP contribution in [0.1, 0.15) is 48.9 Å². The Morgan fingerprint density at radius 3 is 2.26 bits per heavy atom. The van der Waals surface area contributed by atoms with Crippen molar-refractivity contribution < 1.29 is 18.1 Å². The Bertz CT molecular complexity index is 1090. The maximum atomic E-state index is 12.7. The standard InChI is InChI=1S/C22H25N3O5S/c26-22(16-7-12-20(21(15-16)25(27)28)24-13-3-4-14-24)23-17-8-10-19(11-9-17)31(29,30)18-5-1-2-6-18/h7-12,15,18H,1-6,13-14H2,(H,23,26). The van der Waals surface area contributed by atoms with Crippen LogP contribution in [0.5, 0.6) is 0 Å². The van der Waals surface area contributed by atoms with Crippen LogP contribution in [0.15, 0.2) is 47.4 Å². The van der Waals surface area contributed by atoms with Crippen LogP contribution in [0, 0.1) is 10.1 Å². The SMILES string of the molecule is O=C(Nc1ccc(S(=O)(=O)C2CCCC2)cc1)c1ccc(N2CCCC2)c([N+](=O)[O-])c1. The van der Waals surface area contributed by atoms with Crippen LogP contribution < -0.4 is 10.2 Å². The third-order valence-electron chi connectivity index (χ3n) is 6.06. The number of carbonyl (C=O) groups is 1. The summed E-state index contributed by atoms with van der Waals surface area (Å²) in [5, 5.41) is 13.9. The third-order valence-corrected chi connectivity index (χ3v) is 8.34. The molecule has 2 fully saturated rings. The molecule has 1 aliphatic heterocycles. The van der Waals surface area contributed by atoms with Crippen molar-refractivity contribution in [2.24, 2.45) is 0 Å². The van der Waals surface area contributed by atoms with E-state index in [1.165, 1.54) is 18.2 Å². The first-order valence-electron chi connectivity index (χ1n) is 10.5. The number of benzene rings is 2. The van der Waals surface area contributed by atoms with Gasteiger partial charge in [0.1, 0.15) is 5.69 Å². The molecule has 1 saturated carbocycles. The van der Waals surface area contributed by atoms with Crippen molar-refractivity contribution in [2.75, 3.05) is 23.3 Å². The van der Waals surface area contributed by atoms with Crippen LogP contribution in [0.25, 0.3) is 0 Å². The van der Waals surface area contributed by atoms with Crippen molar-refractivity contribution in [3.63, 3.8) is 0 Å². The van der Waals surface area contributed by atoms with Gasteiger partial charge in [-0.3, -0.25) is 14.9 Å². The number of nitro groups is 1. The van der Waals surface area contributed by atoms with Crippen molar-refractivity contribution in [3.05, 3.63) is 58.1 Å². The second-order valence-corrected chi connectivity index (χ2v) is 10.3. The minimum absolute atomic E-state index is 0.0902. The lowest BCUT2D eigenvalue weighted by molar-refractivity contribution is -0.384. The van der Waals surface area contributed by atoms with Crippen molar-refractivity contribution in [1.29, 1.82) is 0 Å². The van der Waals surface area contributed by atoms with Crippen LogP contribution >= 0.6 is 0 Å². The van der Waals surface area contributed by atoms with Gasteiger partial charge < -0.3 is 10.2 Å². The molecule has 0 radical (unpaired) electrons. The number of nitrogens with zero attached hydrogens (tertiary/aromatic N) is 2. The zero-order valence-corrected chi connectivity index (χ0v) is 17.9. The van der Waals surface area contributed by atoms with Crippen molar-refractivity contribution in [3.8, 4) is 0 Å². The van der Waals surface area contributed by atoms with Gasteiger partial charge in [0.15, 0.2) is 9.84 Å². The van der Waals surface area contributed by atoms with Gasteiger partial charge in [0.25, 0.3) is 11.6 Å². The molecule has 0 aromatic heterocycles. The molecule has 4 rings (SSSR count). The van der Waals surface area contributed by atoms with Gasteiger partial charge in [-0.2, -0.15) is 0 Å². The molecular formula is C22H25N3O5S. The third kappa shape index (κ3) is 4.41. The summed E-state index contributed by atoms with van der Waals surface area (Å²) in [7, 11) is -3.36. The Hall–Kier alpha value is -2.94. The van der Waals surface area contributed by atoms with Gasteiger partial charge in [-0.1, -0.05) is 12.8 Å². The summed E-state index contributed by atoms with van der Waals surface area (Å²) in [6, 6.07) is 10.6. The second-order valence-electron chi connectivity index (χ2n) is 8.08. The number of hydrogen-bond acceptors (Lipinski definition) is 6. The Kier molecular flexibility index (Phi) is 5.95. The zero-order valence-electron chi connectivity index (χ0n) is 17.1. The summed E-state index contributed by atoms with van der Waals surface area (Å²) in [5.74, 6) is -0.484. The van der Waals surface area contributed by atoms with E-state index in [1.54, 1.807) is 24.3 Å². The maximum Gasteiger partial charge on any atom is 0.293 e. The van der Waals surface area contributed by atoms with E-state index in [0.29, 0.717) is 24.2 Å². The van der Waals surface area contributed by atoms with Gasteiger partial charge in [0.05, 0.1) is 15.1 Å². The first-order valence-corrected chi connectivity index (χ1v) is 12.1. The monoisotopic (exact) mass is 443 g/mol. The molecule has 0 spiro atoms. The van der Waals surface area contributed by atoms with E-state index in [9.17, 15) is 23.3 Å². The Morgan fingerprint density at radius 1 is 1.00 bits per heavy atom. The van der Waals surface area contributed by atoms with Crippen molar-refractivity contribution >= 4 is 32.8 Å². The molecule has 1 aliphatic carbocycles. The highest BCUT2D eigenvalue weighted by atomic mass is 32.2. The molecule has 2 aromatic rings. The van der Waals surface area contributed by atoms with E-state index in [-0.39, 0.29) is 21.4 Å². The van der Waals surface area contributed by atoms with Gasteiger partial charge in [-0.25, -0.2) is 8.42 Å². The van der Waals surface area contributed by atoms with E-state index in [0.717, 1.165) is 38.8 Å². The van der Waals surface area contributed by atoms with Gasteiger partial charge in [0.2, 0.25) is 0 Å².